The quantitative estimate of drug-likeness (QED) is 0.775. The van der Waals surface area contributed by atoms with Gasteiger partial charge in [-0.3, -0.25) is 4.79 Å². The number of pyridine rings is 1. The van der Waals surface area contributed by atoms with Crippen molar-refractivity contribution in [2.75, 3.05) is 18.8 Å². The maximum absolute atomic E-state index is 12.5. The molecule has 0 aliphatic carbocycles. The minimum Gasteiger partial charge on any atom is -0.341 e. The number of carbonyl (C=O) groups is 1. The predicted octanol–water partition coefficient (Wildman–Crippen LogP) is 3.50. The van der Waals surface area contributed by atoms with Crippen LogP contribution in [0.1, 0.15) is 44.9 Å². The Morgan fingerprint density at radius 3 is 2.70 bits per heavy atom. The molecular weight excluding hydrogens is 306 g/mol. The zero-order valence-electron chi connectivity index (χ0n) is 14.2. The van der Waals surface area contributed by atoms with Gasteiger partial charge in [-0.1, -0.05) is 39.0 Å². The number of amides is 1. The Morgan fingerprint density at radius 1 is 1.39 bits per heavy atom. The Hall–Kier alpha value is -1.54. The average molecular weight is 331 g/mol. The molecule has 1 aliphatic rings. The number of thioether (sulfide) groups is 1. The zero-order valence-corrected chi connectivity index (χ0v) is 15.0. The number of carbonyl (C=O) groups excluding carboxylic acids is 1. The first-order valence-electron chi connectivity index (χ1n) is 8.34. The second-order valence-corrected chi connectivity index (χ2v) is 7.51. The van der Waals surface area contributed by atoms with E-state index in [2.05, 4.69) is 31.8 Å². The third-order valence-electron chi connectivity index (χ3n) is 4.10. The van der Waals surface area contributed by atoms with E-state index in [9.17, 15) is 10.1 Å². The lowest BCUT2D eigenvalue weighted by atomic mass is 9.92. The highest BCUT2D eigenvalue weighted by molar-refractivity contribution is 7.99. The number of hydrogen-bond donors (Lipinski definition) is 0. The summed E-state index contributed by atoms with van der Waals surface area (Å²) in [6.45, 7) is 8.20. The molecule has 0 spiro atoms. The van der Waals surface area contributed by atoms with E-state index in [1.165, 1.54) is 18.2 Å². The number of nitriles is 1. The SMILES string of the molecule is CCCc1ccc(C#N)c(SCC(=O)N2C[C@H](C)C[C@@H](C)C2)n1. The number of aromatic nitrogens is 1. The van der Waals surface area contributed by atoms with Crippen molar-refractivity contribution in [1.29, 1.82) is 5.26 Å². The summed E-state index contributed by atoms with van der Waals surface area (Å²) >= 11 is 1.39. The van der Waals surface area contributed by atoms with Gasteiger partial charge in [0.15, 0.2) is 0 Å². The standard InChI is InChI=1S/C18H25N3OS/c1-4-5-16-7-6-15(9-19)18(20-16)23-12-17(22)21-10-13(2)8-14(3)11-21/h6-7,13-14H,4-5,8,10-12H2,1-3H3/t13-,14-/m1/s1. The van der Waals surface area contributed by atoms with Crippen LogP contribution in [0, 0.1) is 23.2 Å². The lowest BCUT2D eigenvalue weighted by Gasteiger charge is -2.35. The van der Waals surface area contributed by atoms with Gasteiger partial charge in [-0.2, -0.15) is 5.26 Å². The first-order valence-corrected chi connectivity index (χ1v) is 9.32. The van der Waals surface area contributed by atoms with Crippen LogP contribution in [0.5, 0.6) is 0 Å². The summed E-state index contributed by atoms with van der Waals surface area (Å²) in [4.78, 5) is 19.0. The first kappa shape index (κ1) is 17.8. The van der Waals surface area contributed by atoms with Gasteiger partial charge in [-0.05, 0) is 36.8 Å². The predicted molar refractivity (Wildman–Crippen MR) is 93.2 cm³/mol. The zero-order chi connectivity index (χ0) is 16.8. The van der Waals surface area contributed by atoms with Crippen LogP contribution in [0.4, 0.5) is 0 Å². The molecule has 4 nitrogen and oxygen atoms in total. The molecule has 2 rings (SSSR count). The molecule has 0 unspecified atom stereocenters. The van der Waals surface area contributed by atoms with Crippen LogP contribution < -0.4 is 0 Å². The Labute approximate surface area is 143 Å². The van der Waals surface area contributed by atoms with Crippen molar-refractivity contribution in [3.63, 3.8) is 0 Å². The van der Waals surface area contributed by atoms with Crippen molar-refractivity contribution < 1.29 is 4.79 Å². The Kier molecular flexibility index (Phi) is 6.47. The van der Waals surface area contributed by atoms with Crippen molar-refractivity contribution in [3.8, 4) is 6.07 Å². The molecule has 0 radical (unpaired) electrons. The summed E-state index contributed by atoms with van der Waals surface area (Å²) in [6, 6.07) is 5.89. The fourth-order valence-corrected chi connectivity index (χ4v) is 4.05. The van der Waals surface area contributed by atoms with Gasteiger partial charge in [0.25, 0.3) is 0 Å². The molecule has 1 aliphatic heterocycles. The smallest absolute Gasteiger partial charge is 0.233 e. The number of likely N-dealkylation sites (tertiary alicyclic amines) is 1. The van der Waals surface area contributed by atoms with E-state index >= 15 is 0 Å². The molecule has 0 aromatic carbocycles. The minimum absolute atomic E-state index is 0.153. The summed E-state index contributed by atoms with van der Waals surface area (Å²) in [5.74, 6) is 1.64. The highest BCUT2D eigenvalue weighted by Crippen LogP contribution is 2.24. The van der Waals surface area contributed by atoms with E-state index < -0.39 is 0 Å². The van der Waals surface area contributed by atoms with Crippen LogP contribution in [-0.2, 0) is 11.2 Å². The molecule has 0 saturated carbocycles. The Morgan fingerprint density at radius 2 is 2.09 bits per heavy atom. The van der Waals surface area contributed by atoms with Crippen molar-refractivity contribution in [2.24, 2.45) is 11.8 Å². The van der Waals surface area contributed by atoms with Gasteiger partial charge in [-0.25, -0.2) is 4.98 Å². The second-order valence-electron chi connectivity index (χ2n) is 6.55. The molecule has 1 aromatic rings. The van der Waals surface area contributed by atoms with E-state index in [0.717, 1.165) is 31.6 Å². The molecule has 2 atom stereocenters. The molecule has 1 saturated heterocycles. The van der Waals surface area contributed by atoms with Crippen LogP contribution >= 0.6 is 11.8 Å². The third-order valence-corrected chi connectivity index (χ3v) is 5.07. The molecular formula is C18H25N3OS. The van der Waals surface area contributed by atoms with Crippen molar-refractivity contribution >= 4 is 17.7 Å². The number of rotatable bonds is 5. The van der Waals surface area contributed by atoms with E-state index in [-0.39, 0.29) is 5.91 Å². The number of hydrogen-bond acceptors (Lipinski definition) is 4. The first-order chi connectivity index (χ1) is 11.0. The fourth-order valence-electron chi connectivity index (χ4n) is 3.16. The van der Waals surface area contributed by atoms with Gasteiger partial charge in [-0.15, -0.1) is 0 Å². The largest absolute Gasteiger partial charge is 0.341 e. The van der Waals surface area contributed by atoms with E-state index in [0.29, 0.717) is 28.2 Å². The molecule has 1 amide bonds. The normalized spacial score (nSPS) is 21.0. The van der Waals surface area contributed by atoms with Crippen molar-refractivity contribution in [2.45, 2.75) is 45.1 Å². The number of nitrogens with zero attached hydrogens (tertiary/aromatic N) is 3. The third kappa shape index (κ3) is 4.97. The van der Waals surface area contributed by atoms with Gasteiger partial charge < -0.3 is 4.90 Å². The van der Waals surface area contributed by atoms with Gasteiger partial charge >= 0.3 is 0 Å². The molecule has 23 heavy (non-hydrogen) atoms. The van der Waals surface area contributed by atoms with Crippen LogP contribution in [0.3, 0.4) is 0 Å². The van der Waals surface area contributed by atoms with Gasteiger partial charge in [0.05, 0.1) is 11.3 Å². The van der Waals surface area contributed by atoms with Crippen molar-refractivity contribution in [3.05, 3.63) is 23.4 Å². The van der Waals surface area contributed by atoms with Crippen LogP contribution in [0.15, 0.2) is 17.2 Å². The average Bonchev–Trinajstić information content (AvgIpc) is 2.52. The van der Waals surface area contributed by atoms with Crippen LogP contribution in [0.2, 0.25) is 0 Å². The summed E-state index contributed by atoms with van der Waals surface area (Å²) in [5, 5.41) is 9.91. The molecule has 0 N–H and O–H groups in total. The molecule has 124 valence electrons. The van der Waals surface area contributed by atoms with Crippen molar-refractivity contribution in [1.82, 2.24) is 9.88 Å². The molecule has 0 bridgehead atoms. The monoisotopic (exact) mass is 331 g/mol. The molecule has 1 fully saturated rings. The maximum atomic E-state index is 12.5. The Balaban J connectivity index is 2.00. The van der Waals surface area contributed by atoms with Crippen LogP contribution in [-0.4, -0.2) is 34.6 Å². The lowest BCUT2D eigenvalue weighted by Crippen LogP contribution is -2.43. The topological polar surface area (TPSA) is 57.0 Å². The molecule has 1 aromatic heterocycles. The lowest BCUT2D eigenvalue weighted by molar-refractivity contribution is -0.130. The second kappa shape index (κ2) is 8.35. The fraction of sp³-hybridized carbons (Fsp3) is 0.611. The van der Waals surface area contributed by atoms with E-state index in [1.54, 1.807) is 0 Å². The maximum Gasteiger partial charge on any atom is 0.233 e. The Bertz CT molecular complexity index is 586. The highest BCUT2D eigenvalue weighted by atomic mass is 32.2. The number of aryl methyl sites for hydroxylation is 1. The summed E-state index contributed by atoms with van der Waals surface area (Å²) in [6.07, 6.45) is 3.11. The molecule has 5 heteroatoms. The summed E-state index contributed by atoms with van der Waals surface area (Å²) in [5.41, 5.74) is 1.55. The highest BCUT2D eigenvalue weighted by Gasteiger charge is 2.25. The summed E-state index contributed by atoms with van der Waals surface area (Å²) in [7, 11) is 0. The molecule has 2 heterocycles. The van der Waals surface area contributed by atoms with Gasteiger partial charge in [0.1, 0.15) is 11.1 Å². The van der Waals surface area contributed by atoms with Gasteiger partial charge in [0.2, 0.25) is 5.91 Å². The van der Waals surface area contributed by atoms with E-state index in [4.69, 9.17) is 0 Å². The van der Waals surface area contributed by atoms with Crippen LogP contribution in [0.25, 0.3) is 0 Å². The number of piperidine rings is 1. The van der Waals surface area contributed by atoms with Gasteiger partial charge in [0, 0.05) is 18.8 Å². The van der Waals surface area contributed by atoms with E-state index in [1.807, 2.05) is 17.0 Å². The minimum atomic E-state index is 0.153. The summed E-state index contributed by atoms with van der Waals surface area (Å²) < 4.78 is 0.